The van der Waals surface area contributed by atoms with Crippen LogP contribution in [-0.2, 0) is 4.79 Å². The van der Waals surface area contributed by atoms with E-state index in [0.717, 1.165) is 5.56 Å². The third kappa shape index (κ3) is 4.94. The van der Waals surface area contributed by atoms with Crippen LogP contribution in [0.5, 0.6) is 0 Å². The molecule has 0 bridgehead atoms. The normalized spacial score (nSPS) is 10.2. The summed E-state index contributed by atoms with van der Waals surface area (Å²) in [6.07, 6.45) is 3.16. The molecule has 1 aromatic carbocycles. The Morgan fingerprint density at radius 2 is 2.13 bits per heavy atom. The number of carbonyl (C=O) groups is 2. The second-order valence-electron chi connectivity index (χ2n) is 4.65. The SMILES string of the molecule is CSc1ncc(Cl)c(C(=O)NCC(=O)Nc2cccc(C)c2)n1. The molecule has 2 aromatic rings. The zero-order chi connectivity index (χ0) is 16.8. The summed E-state index contributed by atoms with van der Waals surface area (Å²) in [5, 5.41) is 5.77. The van der Waals surface area contributed by atoms with Gasteiger partial charge in [-0.25, -0.2) is 9.97 Å². The van der Waals surface area contributed by atoms with Crippen molar-refractivity contribution >= 4 is 40.9 Å². The molecule has 0 fully saturated rings. The molecule has 120 valence electrons. The second kappa shape index (κ2) is 7.94. The van der Waals surface area contributed by atoms with Crippen LogP contribution in [0.2, 0.25) is 5.02 Å². The lowest BCUT2D eigenvalue weighted by Crippen LogP contribution is -2.33. The minimum Gasteiger partial charge on any atom is -0.342 e. The molecule has 1 aromatic heterocycles. The molecule has 23 heavy (non-hydrogen) atoms. The molecule has 0 aliphatic rings. The fourth-order valence-electron chi connectivity index (χ4n) is 1.78. The number of benzene rings is 1. The first-order chi connectivity index (χ1) is 11.0. The highest BCUT2D eigenvalue weighted by molar-refractivity contribution is 7.98. The van der Waals surface area contributed by atoms with Crippen molar-refractivity contribution in [2.75, 3.05) is 18.1 Å². The number of aromatic nitrogens is 2. The minimum absolute atomic E-state index is 0.0503. The van der Waals surface area contributed by atoms with Gasteiger partial charge in [0.15, 0.2) is 10.9 Å². The van der Waals surface area contributed by atoms with Gasteiger partial charge in [0.1, 0.15) is 0 Å². The maximum Gasteiger partial charge on any atom is 0.272 e. The van der Waals surface area contributed by atoms with Gasteiger partial charge < -0.3 is 10.6 Å². The number of anilines is 1. The number of halogens is 1. The highest BCUT2D eigenvalue weighted by Crippen LogP contribution is 2.16. The Morgan fingerprint density at radius 1 is 1.35 bits per heavy atom. The molecule has 0 radical (unpaired) electrons. The van der Waals surface area contributed by atoms with Crippen LogP contribution in [0.15, 0.2) is 35.6 Å². The van der Waals surface area contributed by atoms with Crippen LogP contribution in [0.1, 0.15) is 16.1 Å². The molecule has 8 heteroatoms. The minimum atomic E-state index is -0.521. The number of hydrogen-bond acceptors (Lipinski definition) is 5. The van der Waals surface area contributed by atoms with Crippen LogP contribution in [0.4, 0.5) is 5.69 Å². The first-order valence-corrected chi connectivity index (χ1v) is 8.31. The van der Waals surface area contributed by atoms with E-state index in [9.17, 15) is 9.59 Å². The van der Waals surface area contributed by atoms with E-state index in [-0.39, 0.29) is 23.2 Å². The molecule has 2 N–H and O–H groups in total. The van der Waals surface area contributed by atoms with Crippen molar-refractivity contribution in [1.29, 1.82) is 0 Å². The van der Waals surface area contributed by atoms with Gasteiger partial charge in [-0.2, -0.15) is 0 Å². The summed E-state index contributed by atoms with van der Waals surface area (Å²) >= 11 is 7.21. The van der Waals surface area contributed by atoms with Crippen molar-refractivity contribution < 1.29 is 9.59 Å². The molecule has 0 atom stereocenters. The van der Waals surface area contributed by atoms with Crippen LogP contribution in [0.3, 0.4) is 0 Å². The van der Waals surface area contributed by atoms with Crippen molar-refractivity contribution in [2.45, 2.75) is 12.1 Å². The lowest BCUT2D eigenvalue weighted by atomic mass is 10.2. The Kier molecular flexibility index (Phi) is 5.95. The molecule has 0 saturated carbocycles. The smallest absolute Gasteiger partial charge is 0.272 e. The van der Waals surface area contributed by atoms with E-state index in [1.165, 1.54) is 18.0 Å². The van der Waals surface area contributed by atoms with E-state index in [2.05, 4.69) is 20.6 Å². The van der Waals surface area contributed by atoms with E-state index in [1.54, 1.807) is 12.3 Å². The first kappa shape index (κ1) is 17.2. The summed E-state index contributed by atoms with van der Waals surface area (Å²) in [5.74, 6) is -0.855. The van der Waals surface area contributed by atoms with Crippen molar-refractivity contribution in [3.8, 4) is 0 Å². The molecule has 0 aliphatic heterocycles. The van der Waals surface area contributed by atoms with E-state index < -0.39 is 5.91 Å². The molecule has 1 heterocycles. The quantitative estimate of drug-likeness (QED) is 0.639. The molecule has 2 rings (SSSR count). The molecule has 6 nitrogen and oxygen atoms in total. The fourth-order valence-corrected chi connectivity index (χ4v) is 2.30. The van der Waals surface area contributed by atoms with E-state index >= 15 is 0 Å². The highest BCUT2D eigenvalue weighted by atomic mass is 35.5. The van der Waals surface area contributed by atoms with Crippen LogP contribution in [0.25, 0.3) is 0 Å². The van der Waals surface area contributed by atoms with Crippen molar-refractivity contribution in [3.05, 3.63) is 46.7 Å². The Balaban J connectivity index is 1.95. The summed E-state index contributed by atoms with van der Waals surface area (Å²) in [7, 11) is 0. The maximum absolute atomic E-state index is 12.1. The number of hydrogen-bond donors (Lipinski definition) is 2. The summed E-state index contributed by atoms with van der Waals surface area (Å²) in [4.78, 5) is 31.9. The summed E-state index contributed by atoms with van der Waals surface area (Å²) < 4.78 is 0. The number of nitrogens with one attached hydrogen (secondary N) is 2. The Labute approximate surface area is 143 Å². The monoisotopic (exact) mass is 350 g/mol. The lowest BCUT2D eigenvalue weighted by molar-refractivity contribution is -0.115. The van der Waals surface area contributed by atoms with E-state index in [1.807, 2.05) is 25.1 Å². The average molecular weight is 351 g/mol. The van der Waals surface area contributed by atoms with Gasteiger partial charge in [0.05, 0.1) is 17.8 Å². The van der Waals surface area contributed by atoms with Crippen LogP contribution < -0.4 is 10.6 Å². The van der Waals surface area contributed by atoms with Crippen molar-refractivity contribution in [3.63, 3.8) is 0 Å². The number of rotatable bonds is 5. The predicted octanol–water partition coefficient (Wildman–Crippen LogP) is 2.53. The summed E-state index contributed by atoms with van der Waals surface area (Å²) in [5.41, 5.74) is 1.76. The Morgan fingerprint density at radius 3 is 2.83 bits per heavy atom. The lowest BCUT2D eigenvalue weighted by Gasteiger charge is -2.08. The Hall–Kier alpha value is -2.12. The van der Waals surface area contributed by atoms with Gasteiger partial charge >= 0.3 is 0 Å². The van der Waals surface area contributed by atoms with E-state index in [0.29, 0.717) is 10.8 Å². The van der Waals surface area contributed by atoms with Gasteiger partial charge in [-0.3, -0.25) is 9.59 Å². The third-order valence-corrected chi connectivity index (χ3v) is 3.67. The van der Waals surface area contributed by atoms with E-state index in [4.69, 9.17) is 11.6 Å². The van der Waals surface area contributed by atoms with Crippen LogP contribution in [-0.4, -0.2) is 34.6 Å². The van der Waals surface area contributed by atoms with Crippen molar-refractivity contribution in [1.82, 2.24) is 15.3 Å². The van der Waals surface area contributed by atoms with Gasteiger partial charge in [0.2, 0.25) is 5.91 Å². The maximum atomic E-state index is 12.1. The average Bonchev–Trinajstić information content (AvgIpc) is 2.53. The summed E-state index contributed by atoms with van der Waals surface area (Å²) in [6, 6.07) is 7.39. The number of amides is 2. The fraction of sp³-hybridized carbons (Fsp3) is 0.200. The molecule has 0 saturated heterocycles. The highest BCUT2D eigenvalue weighted by Gasteiger charge is 2.15. The van der Waals surface area contributed by atoms with Gasteiger partial charge in [-0.1, -0.05) is 35.5 Å². The number of nitrogens with zero attached hydrogens (tertiary/aromatic N) is 2. The molecule has 2 amide bonds. The van der Waals surface area contributed by atoms with Crippen LogP contribution in [0, 0.1) is 6.92 Å². The van der Waals surface area contributed by atoms with Gasteiger partial charge in [-0.15, -0.1) is 0 Å². The predicted molar refractivity (Wildman–Crippen MR) is 91.0 cm³/mol. The van der Waals surface area contributed by atoms with Gasteiger partial charge in [0, 0.05) is 5.69 Å². The van der Waals surface area contributed by atoms with Gasteiger partial charge in [0.25, 0.3) is 5.91 Å². The first-order valence-electron chi connectivity index (χ1n) is 6.71. The zero-order valence-electron chi connectivity index (χ0n) is 12.6. The number of carbonyl (C=O) groups excluding carboxylic acids is 2. The second-order valence-corrected chi connectivity index (χ2v) is 5.83. The zero-order valence-corrected chi connectivity index (χ0v) is 14.2. The standard InChI is InChI=1S/C15H15ClN4O2S/c1-9-4-3-5-10(6-9)19-12(21)8-17-14(22)13-11(16)7-18-15(20-13)23-2/h3-7H,8H2,1-2H3,(H,17,22)(H,19,21). The number of aryl methyl sites for hydroxylation is 1. The molecule has 0 unspecified atom stereocenters. The summed E-state index contributed by atoms with van der Waals surface area (Å²) in [6.45, 7) is 1.75. The largest absolute Gasteiger partial charge is 0.342 e. The molecular weight excluding hydrogens is 336 g/mol. The van der Waals surface area contributed by atoms with Crippen LogP contribution >= 0.6 is 23.4 Å². The Bertz CT molecular complexity index is 739. The number of thioether (sulfide) groups is 1. The third-order valence-electron chi connectivity index (χ3n) is 2.83. The topological polar surface area (TPSA) is 84.0 Å². The molecule has 0 spiro atoms. The van der Waals surface area contributed by atoms with Gasteiger partial charge in [-0.05, 0) is 30.9 Å². The molecular formula is C15H15ClN4O2S. The molecule has 0 aliphatic carbocycles. The van der Waals surface area contributed by atoms with Crippen molar-refractivity contribution in [2.24, 2.45) is 0 Å².